The SMILES string of the molecule is C=C1[C@H](O)CC(=CC=C2CCC[C@]3(C)[C@@H](/C(C)=C\CC(=O)C4(C(=O)SCCCC)CC4)CC[C@@H]23)C[C@H]1O. The first-order valence-corrected chi connectivity index (χ1v) is 15.4. The number of hydrogen-bond acceptors (Lipinski definition) is 5. The van der Waals surface area contributed by atoms with E-state index in [2.05, 4.69) is 45.6 Å². The van der Waals surface area contributed by atoms with Crippen molar-refractivity contribution in [2.24, 2.45) is 22.7 Å². The molecule has 0 radical (unpaired) electrons. The number of carbonyl (C=O) groups is 2. The highest BCUT2D eigenvalue weighted by Crippen LogP contribution is 2.59. The van der Waals surface area contributed by atoms with Gasteiger partial charge < -0.3 is 10.2 Å². The van der Waals surface area contributed by atoms with E-state index in [-0.39, 0.29) is 16.3 Å². The normalized spacial score (nSPS) is 34.4. The average molecular weight is 527 g/mol. The minimum Gasteiger partial charge on any atom is -0.388 e. The van der Waals surface area contributed by atoms with Crippen molar-refractivity contribution in [3.63, 3.8) is 0 Å². The summed E-state index contributed by atoms with van der Waals surface area (Å²) in [5.74, 6) is 1.94. The first-order chi connectivity index (χ1) is 17.6. The fourth-order valence-corrected chi connectivity index (χ4v) is 8.39. The van der Waals surface area contributed by atoms with Gasteiger partial charge in [0.15, 0.2) is 5.78 Å². The van der Waals surface area contributed by atoms with Gasteiger partial charge in [-0.1, -0.05) is 73.6 Å². The maximum absolute atomic E-state index is 13.1. The molecule has 37 heavy (non-hydrogen) atoms. The Balaban J connectivity index is 1.41. The summed E-state index contributed by atoms with van der Waals surface area (Å²) in [6.45, 7) is 10.6. The second kappa shape index (κ2) is 11.8. The maximum Gasteiger partial charge on any atom is 0.202 e. The van der Waals surface area contributed by atoms with E-state index in [0.29, 0.717) is 36.7 Å². The summed E-state index contributed by atoms with van der Waals surface area (Å²) in [5, 5.41) is 20.5. The second-order valence-electron chi connectivity index (χ2n) is 12.3. The molecule has 0 spiro atoms. The molecule has 0 amide bonds. The van der Waals surface area contributed by atoms with Gasteiger partial charge in [0.2, 0.25) is 5.12 Å². The van der Waals surface area contributed by atoms with Crippen molar-refractivity contribution >= 4 is 22.7 Å². The number of thioether (sulfide) groups is 1. The number of aliphatic hydroxyl groups is 2. The third-order valence-electron chi connectivity index (χ3n) is 9.83. The molecule has 5 atom stereocenters. The van der Waals surface area contributed by atoms with Crippen molar-refractivity contribution in [1.82, 2.24) is 0 Å². The van der Waals surface area contributed by atoms with Crippen molar-refractivity contribution < 1.29 is 19.8 Å². The molecule has 4 fully saturated rings. The monoisotopic (exact) mass is 526 g/mol. The molecule has 4 aliphatic carbocycles. The molecule has 0 saturated heterocycles. The molecule has 0 bridgehead atoms. The number of rotatable bonds is 9. The third-order valence-corrected chi connectivity index (χ3v) is 11.0. The Kier molecular flexibility index (Phi) is 9.08. The smallest absolute Gasteiger partial charge is 0.202 e. The first-order valence-electron chi connectivity index (χ1n) is 14.4. The molecule has 4 nitrogen and oxygen atoms in total. The summed E-state index contributed by atoms with van der Waals surface area (Å²) in [6.07, 6.45) is 16.1. The predicted octanol–water partition coefficient (Wildman–Crippen LogP) is 6.87. The average Bonchev–Trinajstić information content (AvgIpc) is 3.60. The number of allylic oxidation sites excluding steroid dienone is 5. The molecule has 0 heterocycles. The summed E-state index contributed by atoms with van der Waals surface area (Å²) in [6, 6.07) is 0. The standard InChI is InChI=1S/C32H46O4S/c1-5-6-18-37-30(36)32(16-17-32)29(35)14-9-21(2)25-12-13-26-24(8-7-15-31(25,26)4)11-10-23-19-27(33)22(3)28(34)20-23/h9-11,25-28,33-34H,3,5-8,12-20H2,1-2,4H3/b21-9-,24-11?/t25-,26+,27-,28-,31-/m1/s1. The highest BCUT2D eigenvalue weighted by atomic mass is 32.2. The minimum atomic E-state index is -0.696. The van der Waals surface area contributed by atoms with Crippen LogP contribution in [0, 0.1) is 22.7 Å². The van der Waals surface area contributed by atoms with E-state index >= 15 is 0 Å². The Morgan fingerprint density at radius 3 is 2.46 bits per heavy atom. The summed E-state index contributed by atoms with van der Waals surface area (Å²) in [5.41, 5.74) is 3.92. The maximum atomic E-state index is 13.1. The summed E-state index contributed by atoms with van der Waals surface area (Å²) in [4.78, 5) is 25.8. The zero-order valence-corrected chi connectivity index (χ0v) is 23.9. The van der Waals surface area contributed by atoms with Crippen molar-refractivity contribution in [3.8, 4) is 0 Å². The fourth-order valence-electron chi connectivity index (χ4n) is 7.17. The van der Waals surface area contributed by atoms with Crippen LogP contribution in [0.15, 0.2) is 47.1 Å². The summed E-state index contributed by atoms with van der Waals surface area (Å²) >= 11 is 1.36. The molecule has 4 rings (SSSR count). The van der Waals surface area contributed by atoms with Crippen LogP contribution in [0.4, 0.5) is 0 Å². The largest absolute Gasteiger partial charge is 0.388 e. The first kappa shape index (κ1) is 28.6. The van der Waals surface area contributed by atoms with Crippen molar-refractivity contribution in [3.05, 3.63) is 47.1 Å². The van der Waals surface area contributed by atoms with Gasteiger partial charge in [-0.25, -0.2) is 0 Å². The Morgan fingerprint density at radius 2 is 1.81 bits per heavy atom. The Hall–Kier alpha value is -1.43. The molecule has 5 heteroatoms. The van der Waals surface area contributed by atoms with Crippen LogP contribution in [0.5, 0.6) is 0 Å². The van der Waals surface area contributed by atoms with Crippen LogP contribution >= 0.6 is 11.8 Å². The van der Waals surface area contributed by atoms with Crippen LogP contribution in [0.25, 0.3) is 0 Å². The lowest BCUT2D eigenvalue weighted by Crippen LogP contribution is -2.33. The van der Waals surface area contributed by atoms with E-state index < -0.39 is 17.6 Å². The third kappa shape index (κ3) is 5.94. The van der Waals surface area contributed by atoms with E-state index in [1.165, 1.54) is 35.7 Å². The van der Waals surface area contributed by atoms with Gasteiger partial charge in [-0.15, -0.1) is 0 Å². The molecular weight excluding hydrogens is 480 g/mol. The van der Waals surface area contributed by atoms with Crippen molar-refractivity contribution in [1.29, 1.82) is 0 Å². The molecule has 204 valence electrons. The van der Waals surface area contributed by atoms with E-state index in [1.54, 1.807) is 0 Å². The van der Waals surface area contributed by atoms with Crippen LogP contribution < -0.4 is 0 Å². The topological polar surface area (TPSA) is 74.6 Å². The fraction of sp³-hybridized carbons (Fsp3) is 0.688. The quantitative estimate of drug-likeness (QED) is 0.195. The van der Waals surface area contributed by atoms with Crippen LogP contribution in [-0.2, 0) is 9.59 Å². The van der Waals surface area contributed by atoms with E-state index in [1.807, 2.05) is 0 Å². The Bertz CT molecular complexity index is 984. The molecule has 0 unspecified atom stereocenters. The van der Waals surface area contributed by atoms with Gasteiger partial charge in [0.05, 0.1) is 17.6 Å². The number of aliphatic hydroxyl groups excluding tert-OH is 2. The zero-order valence-electron chi connectivity index (χ0n) is 23.1. The lowest BCUT2D eigenvalue weighted by molar-refractivity contribution is -0.129. The molecule has 4 aliphatic rings. The predicted molar refractivity (Wildman–Crippen MR) is 152 cm³/mol. The Morgan fingerprint density at radius 1 is 1.11 bits per heavy atom. The molecule has 0 aromatic heterocycles. The van der Waals surface area contributed by atoms with Crippen molar-refractivity contribution in [2.45, 2.75) is 110 Å². The molecule has 0 aromatic rings. The van der Waals surface area contributed by atoms with Gasteiger partial charge in [0.25, 0.3) is 0 Å². The zero-order chi connectivity index (χ0) is 26.8. The van der Waals surface area contributed by atoms with Gasteiger partial charge in [0, 0.05) is 12.2 Å². The molecular formula is C32H46O4S. The van der Waals surface area contributed by atoms with E-state index in [4.69, 9.17) is 0 Å². The van der Waals surface area contributed by atoms with Crippen LogP contribution in [-0.4, -0.2) is 39.1 Å². The van der Waals surface area contributed by atoms with Gasteiger partial charge >= 0.3 is 0 Å². The molecule has 2 N–H and O–H groups in total. The van der Waals surface area contributed by atoms with Gasteiger partial charge in [0.1, 0.15) is 0 Å². The highest BCUT2D eigenvalue weighted by Gasteiger charge is 2.55. The number of unbranched alkanes of at least 4 members (excludes halogenated alkanes) is 1. The highest BCUT2D eigenvalue weighted by molar-refractivity contribution is 8.13. The van der Waals surface area contributed by atoms with Gasteiger partial charge in [-0.05, 0) is 94.0 Å². The Labute approximate surface area is 227 Å². The van der Waals surface area contributed by atoms with Gasteiger partial charge in [-0.2, -0.15) is 0 Å². The molecule has 0 aliphatic heterocycles. The number of hydrogen-bond donors (Lipinski definition) is 2. The van der Waals surface area contributed by atoms with Gasteiger partial charge in [-0.3, -0.25) is 9.59 Å². The summed E-state index contributed by atoms with van der Waals surface area (Å²) in [7, 11) is 0. The van der Waals surface area contributed by atoms with Crippen LogP contribution in [0.1, 0.15) is 97.8 Å². The number of carbonyl (C=O) groups excluding carboxylic acids is 2. The number of fused-ring (bicyclic) bond motifs is 1. The minimum absolute atomic E-state index is 0.100. The number of Topliss-reactive ketones (excluding diaryl/α,β-unsaturated/α-hetero) is 1. The molecule has 4 saturated carbocycles. The van der Waals surface area contributed by atoms with Crippen LogP contribution in [0.3, 0.4) is 0 Å². The van der Waals surface area contributed by atoms with E-state index in [0.717, 1.165) is 56.3 Å². The second-order valence-corrected chi connectivity index (χ2v) is 13.3. The van der Waals surface area contributed by atoms with Crippen LogP contribution in [0.2, 0.25) is 0 Å². The number of ketones is 1. The lowest BCUT2D eigenvalue weighted by atomic mass is 9.62. The van der Waals surface area contributed by atoms with Crippen molar-refractivity contribution in [2.75, 3.05) is 5.75 Å². The summed E-state index contributed by atoms with van der Waals surface area (Å²) < 4.78 is 0. The van der Waals surface area contributed by atoms with E-state index in [9.17, 15) is 19.8 Å². The molecule has 0 aromatic carbocycles. The lowest BCUT2D eigenvalue weighted by Gasteiger charge is -2.43.